The highest BCUT2D eigenvalue weighted by atomic mass is 32.2. The van der Waals surface area contributed by atoms with Gasteiger partial charge in [0.1, 0.15) is 11.6 Å². The summed E-state index contributed by atoms with van der Waals surface area (Å²) in [5.41, 5.74) is 0.0847. The van der Waals surface area contributed by atoms with Gasteiger partial charge in [0.25, 0.3) is 0 Å². The molecule has 1 aliphatic carbocycles. The molecule has 41 heavy (non-hydrogen) atoms. The Morgan fingerprint density at radius 3 is 2.32 bits per heavy atom. The molecule has 0 aromatic heterocycles. The molecule has 1 aromatic rings. The van der Waals surface area contributed by atoms with Gasteiger partial charge in [0.15, 0.2) is 0 Å². The minimum absolute atomic E-state index is 0.198. The summed E-state index contributed by atoms with van der Waals surface area (Å²) in [6, 6.07) is 7.70. The van der Waals surface area contributed by atoms with Crippen molar-refractivity contribution in [2.75, 3.05) is 19.3 Å². The molecule has 0 heterocycles. The van der Waals surface area contributed by atoms with Crippen LogP contribution in [0.4, 0.5) is 4.79 Å². The lowest BCUT2D eigenvalue weighted by Crippen LogP contribution is -2.52. The SMILES string of the molecule is CC(C)(C)OC(=O)N[C@@H](Cc1ccccc1)C(=O)NCC(=O)N[C@@H](CC1CCCCC1)[C@@H](O)CCCNS(C)(=O)=O. The van der Waals surface area contributed by atoms with Crippen molar-refractivity contribution in [1.29, 1.82) is 0 Å². The Kier molecular flexibility index (Phi) is 14.0. The maximum atomic E-state index is 13.1. The van der Waals surface area contributed by atoms with Crippen molar-refractivity contribution in [2.45, 2.75) is 102 Å². The summed E-state index contributed by atoms with van der Waals surface area (Å²) in [6.07, 6.45) is 6.49. The highest BCUT2D eigenvalue weighted by molar-refractivity contribution is 7.88. The molecule has 2 rings (SSSR count). The fraction of sp³-hybridized carbons (Fsp3) is 0.690. The summed E-state index contributed by atoms with van der Waals surface area (Å²) in [5.74, 6) is -0.616. The molecule has 0 radical (unpaired) electrons. The first-order chi connectivity index (χ1) is 19.2. The molecule has 1 fully saturated rings. The number of alkyl carbamates (subject to hydrolysis) is 1. The van der Waals surface area contributed by atoms with Crippen LogP contribution in [-0.2, 0) is 30.8 Å². The fourth-order valence-electron chi connectivity index (χ4n) is 4.92. The van der Waals surface area contributed by atoms with Crippen LogP contribution in [0.5, 0.6) is 0 Å². The van der Waals surface area contributed by atoms with E-state index in [4.69, 9.17) is 4.74 Å². The molecule has 0 spiro atoms. The highest BCUT2D eigenvalue weighted by Crippen LogP contribution is 2.28. The first kappa shape index (κ1) is 34.5. The normalized spacial score (nSPS) is 16.7. The van der Waals surface area contributed by atoms with E-state index < -0.39 is 51.7 Å². The van der Waals surface area contributed by atoms with E-state index in [1.807, 2.05) is 30.3 Å². The number of benzene rings is 1. The first-order valence-electron chi connectivity index (χ1n) is 14.4. The molecule has 12 heteroatoms. The third kappa shape index (κ3) is 15.2. The van der Waals surface area contributed by atoms with Crippen molar-refractivity contribution in [2.24, 2.45) is 5.92 Å². The Morgan fingerprint density at radius 2 is 1.71 bits per heavy atom. The summed E-state index contributed by atoms with van der Waals surface area (Å²) in [4.78, 5) is 38.4. The smallest absolute Gasteiger partial charge is 0.408 e. The third-order valence-electron chi connectivity index (χ3n) is 6.88. The van der Waals surface area contributed by atoms with E-state index in [0.717, 1.165) is 37.5 Å². The summed E-state index contributed by atoms with van der Waals surface area (Å²) in [5, 5.41) is 19.0. The second kappa shape index (κ2) is 16.7. The van der Waals surface area contributed by atoms with Crippen LogP contribution in [0.1, 0.15) is 77.7 Å². The number of amides is 3. The van der Waals surface area contributed by atoms with Gasteiger partial charge in [0.2, 0.25) is 21.8 Å². The summed E-state index contributed by atoms with van der Waals surface area (Å²) in [7, 11) is -3.32. The molecule has 0 bridgehead atoms. The number of rotatable bonds is 15. The zero-order chi connectivity index (χ0) is 30.5. The highest BCUT2D eigenvalue weighted by Gasteiger charge is 2.28. The predicted molar refractivity (Wildman–Crippen MR) is 158 cm³/mol. The lowest BCUT2D eigenvalue weighted by atomic mass is 9.83. The van der Waals surface area contributed by atoms with Crippen molar-refractivity contribution < 1.29 is 32.6 Å². The molecule has 0 unspecified atom stereocenters. The Balaban J connectivity index is 1.99. The zero-order valence-corrected chi connectivity index (χ0v) is 25.6. The maximum Gasteiger partial charge on any atom is 0.408 e. The topological polar surface area (TPSA) is 163 Å². The first-order valence-corrected chi connectivity index (χ1v) is 16.3. The maximum absolute atomic E-state index is 13.1. The van der Waals surface area contributed by atoms with Crippen molar-refractivity contribution in [3.05, 3.63) is 35.9 Å². The second-order valence-electron chi connectivity index (χ2n) is 11.9. The van der Waals surface area contributed by atoms with Gasteiger partial charge in [0, 0.05) is 13.0 Å². The van der Waals surface area contributed by atoms with E-state index in [0.29, 0.717) is 25.2 Å². The second-order valence-corrected chi connectivity index (χ2v) is 13.7. The molecule has 1 aliphatic rings. The van der Waals surface area contributed by atoms with Crippen LogP contribution < -0.4 is 20.7 Å². The molecular weight excluding hydrogens is 548 g/mol. The number of hydrogen-bond acceptors (Lipinski definition) is 7. The third-order valence-corrected chi connectivity index (χ3v) is 7.61. The molecule has 0 saturated heterocycles. The minimum Gasteiger partial charge on any atom is -0.444 e. The van der Waals surface area contributed by atoms with Gasteiger partial charge >= 0.3 is 6.09 Å². The van der Waals surface area contributed by atoms with E-state index in [-0.39, 0.29) is 19.5 Å². The number of carbonyl (C=O) groups excluding carboxylic acids is 3. The number of aliphatic hydroxyl groups is 1. The van der Waals surface area contributed by atoms with Gasteiger partial charge in [-0.2, -0.15) is 0 Å². The van der Waals surface area contributed by atoms with Gasteiger partial charge in [-0.15, -0.1) is 0 Å². The van der Waals surface area contributed by atoms with Crippen LogP contribution in [0.3, 0.4) is 0 Å². The number of ether oxygens (including phenoxy) is 1. The predicted octanol–water partition coefficient (Wildman–Crippen LogP) is 2.38. The van der Waals surface area contributed by atoms with Gasteiger partial charge in [-0.25, -0.2) is 17.9 Å². The molecule has 11 nitrogen and oxygen atoms in total. The van der Waals surface area contributed by atoms with E-state index in [9.17, 15) is 27.9 Å². The summed E-state index contributed by atoms with van der Waals surface area (Å²) >= 11 is 0. The number of aliphatic hydroxyl groups excluding tert-OH is 1. The average molecular weight is 597 g/mol. The summed E-state index contributed by atoms with van der Waals surface area (Å²) in [6.45, 7) is 5.05. The minimum atomic E-state index is -3.32. The summed E-state index contributed by atoms with van der Waals surface area (Å²) < 4.78 is 30.4. The zero-order valence-electron chi connectivity index (χ0n) is 24.8. The number of nitrogens with one attached hydrogen (secondary N) is 4. The fourth-order valence-corrected chi connectivity index (χ4v) is 5.44. The van der Waals surface area contributed by atoms with Crippen LogP contribution >= 0.6 is 0 Å². The average Bonchev–Trinajstić information content (AvgIpc) is 2.88. The monoisotopic (exact) mass is 596 g/mol. The van der Waals surface area contributed by atoms with E-state index in [2.05, 4.69) is 20.7 Å². The van der Waals surface area contributed by atoms with Gasteiger partial charge in [-0.05, 0) is 51.5 Å². The molecule has 0 aliphatic heterocycles. The van der Waals surface area contributed by atoms with E-state index in [1.165, 1.54) is 6.42 Å². The van der Waals surface area contributed by atoms with E-state index >= 15 is 0 Å². The Labute approximate surface area is 244 Å². The van der Waals surface area contributed by atoms with Gasteiger partial charge in [0.05, 0.1) is 24.9 Å². The van der Waals surface area contributed by atoms with Gasteiger partial charge in [-0.3, -0.25) is 9.59 Å². The number of hydrogen-bond donors (Lipinski definition) is 5. The van der Waals surface area contributed by atoms with Crippen molar-refractivity contribution in [3.8, 4) is 0 Å². The molecule has 232 valence electrons. The quantitative estimate of drug-likeness (QED) is 0.194. The molecular formula is C29H48N4O7S. The number of sulfonamides is 1. The van der Waals surface area contributed by atoms with E-state index in [1.54, 1.807) is 20.8 Å². The van der Waals surface area contributed by atoms with Crippen LogP contribution in [-0.4, -0.2) is 74.6 Å². The van der Waals surface area contributed by atoms with Gasteiger partial charge < -0.3 is 25.8 Å². The standard InChI is InChI=1S/C29H48N4O7S/c1-29(2,3)40-28(37)33-24(19-22-14-9-6-10-15-22)27(36)30-20-26(35)32-23(18-21-12-7-5-8-13-21)25(34)16-11-17-31-41(4,38)39/h6,9-10,14-15,21,23-25,31,34H,5,7-8,11-13,16-20H2,1-4H3,(H,30,36)(H,32,35)(H,33,37)/t23-,24-,25-/m0/s1. The Hall–Kier alpha value is -2.70. The lowest BCUT2D eigenvalue weighted by Gasteiger charge is -2.30. The Bertz CT molecular complexity index is 1070. The van der Waals surface area contributed by atoms with Crippen LogP contribution in [0.15, 0.2) is 30.3 Å². The molecule has 5 N–H and O–H groups in total. The largest absolute Gasteiger partial charge is 0.444 e. The molecule has 3 atom stereocenters. The van der Waals surface area contributed by atoms with Crippen molar-refractivity contribution >= 4 is 27.9 Å². The molecule has 1 saturated carbocycles. The van der Waals surface area contributed by atoms with Crippen LogP contribution in [0, 0.1) is 5.92 Å². The van der Waals surface area contributed by atoms with Crippen molar-refractivity contribution in [1.82, 2.24) is 20.7 Å². The lowest BCUT2D eigenvalue weighted by molar-refractivity contribution is -0.128. The molecule has 3 amide bonds. The number of carbonyl (C=O) groups is 3. The van der Waals surface area contributed by atoms with Crippen LogP contribution in [0.25, 0.3) is 0 Å². The van der Waals surface area contributed by atoms with Gasteiger partial charge in [-0.1, -0.05) is 62.4 Å². The molecule has 1 aromatic carbocycles. The van der Waals surface area contributed by atoms with Crippen molar-refractivity contribution in [3.63, 3.8) is 0 Å². The van der Waals surface area contributed by atoms with Crippen LogP contribution in [0.2, 0.25) is 0 Å². The Morgan fingerprint density at radius 1 is 1.05 bits per heavy atom.